The molecule has 12 heavy (non-hydrogen) atoms. The summed E-state index contributed by atoms with van der Waals surface area (Å²) in [7, 11) is 0. The molecule has 0 saturated heterocycles. The molecule has 0 aromatic carbocycles. The van der Waals surface area contributed by atoms with Gasteiger partial charge in [-0.25, -0.2) is 0 Å². The fourth-order valence-corrected chi connectivity index (χ4v) is 2.43. The van der Waals surface area contributed by atoms with Crippen molar-refractivity contribution in [1.29, 1.82) is 0 Å². The largest absolute Gasteiger partial charge is 1.00 e. The average molecular weight is 283 g/mol. The van der Waals surface area contributed by atoms with Crippen molar-refractivity contribution in [2.45, 2.75) is 33.1 Å². The molecule has 0 aliphatic heterocycles. The van der Waals surface area contributed by atoms with Gasteiger partial charge in [0.1, 0.15) is 0 Å². The molecular formula is C9H13Cl2Zr. The van der Waals surface area contributed by atoms with E-state index >= 15 is 0 Å². The van der Waals surface area contributed by atoms with Gasteiger partial charge in [0.05, 0.1) is 0 Å². The van der Waals surface area contributed by atoms with E-state index in [1.807, 2.05) is 0 Å². The molecule has 1 rings (SSSR count). The van der Waals surface area contributed by atoms with Crippen LogP contribution in [0.25, 0.3) is 0 Å². The van der Waals surface area contributed by atoms with Crippen molar-refractivity contribution in [3.8, 4) is 0 Å². The van der Waals surface area contributed by atoms with Crippen LogP contribution in [0.1, 0.15) is 33.1 Å². The second-order valence-corrected chi connectivity index (χ2v) is 4.46. The Balaban J connectivity index is 0. The van der Waals surface area contributed by atoms with Gasteiger partial charge in [0.2, 0.25) is 0 Å². The van der Waals surface area contributed by atoms with Crippen molar-refractivity contribution < 1.29 is 49.5 Å². The molecule has 0 unspecified atom stereocenters. The van der Waals surface area contributed by atoms with E-state index in [4.69, 9.17) is 0 Å². The second-order valence-electron chi connectivity index (χ2n) is 2.88. The minimum atomic E-state index is 0. The molecule has 0 aromatic heterocycles. The van der Waals surface area contributed by atoms with Gasteiger partial charge in [-0.05, 0) is 0 Å². The van der Waals surface area contributed by atoms with Crippen molar-refractivity contribution in [3.05, 3.63) is 20.5 Å². The molecule has 0 saturated carbocycles. The van der Waals surface area contributed by atoms with Crippen LogP contribution in [0.4, 0.5) is 0 Å². The zero-order chi connectivity index (χ0) is 7.56. The first kappa shape index (κ1) is 15.4. The second kappa shape index (κ2) is 7.36. The normalized spacial score (nSPS) is 15.2. The van der Waals surface area contributed by atoms with E-state index in [0.717, 1.165) is 0 Å². The SMILES string of the molecule is CCCC1=C(C)C=[C]([Zr+2])C1.[Cl-].[Cl-]. The van der Waals surface area contributed by atoms with E-state index in [9.17, 15) is 0 Å². The number of rotatable bonds is 2. The topological polar surface area (TPSA) is 0 Å². The Kier molecular flexibility index (Phi) is 9.45. The average Bonchev–Trinajstić information content (AvgIpc) is 2.13. The molecule has 0 N–H and O–H groups in total. The van der Waals surface area contributed by atoms with Crippen molar-refractivity contribution in [1.82, 2.24) is 0 Å². The van der Waals surface area contributed by atoms with Crippen LogP contribution in [0.2, 0.25) is 0 Å². The van der Waals surface area contributed by atoms with E-state index in [2.05, 4.69) is 19.9 Å². The molecule has 0 radical (unpaired) electrons. The number of hydrogen-bond donors (Lipinski definition) is 0. The van der Waals surface area contributed by atoms with E-state index in [1.165, 1.54) is 24.8 Å². The summed E-state index contributed by atoms with van der Waals surface area (Å²) in [6.07, 6.45) is 6.23. The molecule has 3 heteroatoms. The standard InChI is InChI=1S/C9H13.2ClH.Zr/c1-3-5-9-7-4-6-8(9)2;;;/h6H,3,5,7H2,1-2H3;2*1H;/q;;;+2/p-2. The van der Waals surface area contributed by atoms with Crippen molar-refractivity contribution in [2.75, 3.05) is 0 Å². The Morgan fingerprint density at radius 3 is 2.33 bits per heavy atom. The zero-order valence-corrected chi connectivity index (χ0v) is 11.4. The summed E-state index contributed by atoms with van der Waals surface area (Å²) < 4.78 is 1.62. The Hall–Kier alpha value is 0.943. The first-order valence-corrected chi connectivity index (χ1v) is 5.07. The summed E-state index contributed by atoms with van der Waals surface area (Å²) in [5, 5.41) is 0. The van der Waals surface area contributed by atoms with Crippen molar-refractivity contribution in [2.24, 2.45) is 0 Å². The molecule has 0 heterocycles. The fourth-order valence-electron chi connectivity index (χ4n) is 1.37. The van der Waals surface area contributed by atoms with Crippen molar-refractivity contribution >= 4 is 0 Å². The number of halogens is 2. The summed E-state index contributed by atoms with van der Waals surface area (Å²) in [5.74, 6) is 0. The fraction of sp³-hybridized carbons (Fsp3) is 0.556. The minimum Gasteiger partial charge on any atom is -1.00 e. The molecule has 0 amide bonds. The van der Waals surface area contributed by atoms with Crippen LogP contribution in [0, 0.1) is 0 Å². The quantitative estimate of drug-likeness (QED) is 0.505. The molecule has 0 aromatic rings. The molecule has 0 bridgehead atoms. The predicted octanol–water partition coefficient (Wildman–Crippen LogP) is -3.05. The van der Waals surface area contributed by atoms with E-state index < -0.39 is 0 Å². The van der Waals surface area contributed by atoms with E-state index in [-0.39, 0.29) is 24.8 Å². The van der Waals surface area contributed by atoms with Gasteiger partial charge < -0.3 is 24.8 Å². The third-order valence-corrected chi connectivity index (χ3v) is 2.69. The van der Waals surface area contributed by atoms with E-state index in [0.29, 0.717) is 0 Å². The summed E-state index contributed by atoms with van der Waals surface area (Å²) >= 11 is 1.59. The summed E-state index contributed by atoms with van der Waals surface area (Å²) in [6, 6.07) is 0. The predicted molar refractivity (Wildman–Crippen MR) is 40.3 cm³/mol. The van der Waals surface area contributed by atoms with Gasteiger partial charge in [-0.15, -0.1) is 0 Å². The number of hydrogen-bond acceptors (Lipinski definition) is 0. The molecule has 1 aliphatic rings. The molecule has 0 nitrogen and oxygen atoms in total. The van der Waals surface area contributed by atoms with Crippen molar-refractivity contribution in [3.63, 3.8) is 0 Å². The molecule has 0 atom stereocenters. The van der Waals surface area contributed by atoms with Gasteiger partial charge in [-0.1, -0.05) is 0 Å². The summed E-state index contributed by atoms with van der Waals surface area (Å²) in [6.45, 7) is 4.49. The molecular weight excluding hydrogens is 270 g/mol. The zero-order valence-electron chi connectivity index (χ0n) is 7.45. The minimum absolute atomic E-state index is 0. The maximum atomic E-state index is 2.35. The molecule has 0 spiro atoms. The Bertz CT molecular complexity index is 195. The van der Waals surface area contributed by atoms with E-state index in [1.54, 1.807) is 33.6 Å². The Morgan fingerprint density at radius 1 is 1.42 bits per heavy atom. The van der Waals surface area contributed by atoms with Crippen LogP contribution < -0.4 is 24.8 Å². The monoisotopic (exact) mass is 281 g/mol. The maximum absolute atomic E-state index is 2.35. The number of allylic oxidation sites excluding steroid dienone is 4. The summed E-state index contributed by atoms with van der Waals surface area (Å²) in [5.41, 5.74) is 3.21. The van der Waals surface area contributed by atoms with Gasteiger partial charge >= 0.3 is 78.3 Å². The van der Waals surface area contributed by atoms with Crippen LogP contribution in [0.3, 0.4) is 0 Å². The van der Waals surface area contributed by atoms with Crippen LogP contribution in [-0.4, -0.2) is 0 Å². The third kappa shape index (κ3) is 4.26. The molecule has 0 fully saturated rings. The van der Waals surface area contributed by atoms with Crippen LogP contribution in [-0.2, 0) is 24.7 Å². The van der Waals surface area contributed by atoms with Gasteiger partial charge in [0, 0.05) is 0 Å². The van der Waals surface area contributed by atoms with Gasteiger partial charge in [-0.2, -0.15) is 0 Å². The maximum Gasteiger partial charge on any atom is -1.00 e. The first-order valence-electron chi connectivity index (χ1n) is 3.85. The smallest absolute Gasteiger partial charge is 1.00 e. The first-order chi connectivity index (χ1) is 4.74. The third-order valence-electron chi connectivity index (χ3n) is 1.90. The Labute approximate surface area is 103 Å². The van der Waals surface area contributed by atoms with Gasteiger partial charge in [-0.3, -0.25) is 0 Å². The van der Waals surface area contributed by atoms with Gasteiger partial charge in [0.25, 0.3) is 0 Å². The molecule has 67 valence electrons. The Morgan fingerprint density at radius 2 is 2.00 bits per heavy atom. The van der Waals surface area contributed by atoms with Crippen LogP contribution in [0.5, 0.6) is 0 Å². The van der Waals surface area contributed by atoms with Crippen LogP contribution >= 0.6 is 0 Å². The van der Waals surface area contributed by atoms with Crippen LogP contribution in [0.15, 0.2) is 20.5 Å². The van der Waals surface area contributed by atoms with Gasteiger partial charge in [0.15, 0.2) is 0 Å². The summed E-state index contributed by atoms with van der Waals surface area (Å²) in [4.78, 5) is 0. The molecule has 1 aliphatic carbocycles.